The van der Waals surface area contributed by atoms with Crippen molar-refractivity contribution >= 4 is 44.8 Å². The van der Waals surface area contributed by atoms with E-state index in [-0.39, 0.29) is 5.56 Å². The summed E-state index contributed by atoms with van der Waals surface area (Å²) in [5.41, 5.74) is 0.898. The van der Waals surface area contributed by atoms with E-state index in [1.165, 1.54) is 17.4 Å². The monoisotopic (exact) mass is 316 g/mol. The van der Waals surface area contributed by atoms with Gasteiger partial charge in [-0.2, -0.15) is 0 Å². The van der Waals surface area contributed by atoms with E-state index in [2.05, 4.69) is 15.9 Å². The van der Waals surface area contributed by atoms with E-state index in [0.717, 1.165) is 9.35 Å². The SMILES string of the molecule is O=C(O)c1ccc(Cl)cc1-c1sccc1Br. The van der Waals surface area contributed by atoms with Gasteiger partial charge in [0, 0.05) is 19.9 Å². The molecule has 0 bridgehead atoms. The fourth-order valence-corrected chi connectivity index (χ4v) is 3.17. The number of carbonyl (C=O) groups is 1. The number of aromatic carboxylic acids is 1. The summed E-state index contributed by atoms with van der Waals surface area (Å²) < 4.78 is 0.877. The normalized spacial score (nSPS) is 10.4. The van der Waals surface area contributed by atoms with Gasteiger partial charge in [0.15, 0.2) is 0 Å². The number of carboxylic acids is 1. The van der Waals surface area contributed by atoms with Crippen LogP contribution >= 0.6 is 38.9 Å². The molecular formula is C11H6BrClO2S. The first-order valence-corrected chi connectivity index (χ1v) is 6.41. The van der Waals surface area contributed by atoms with Gasteiger partial charge in [-0.1, -0.05) is 11.6 Å². The smallest absolute Gasteiger partial charge is 0.336 e. The van der Waals surface area contributed by atoms with Gasteiger partial charge in [0.2, 0.25) is 0 Å². The summed E-state index contributed by atoms with van der Waals surface area (Å²) >= 11 is 10.7. The van der Waals surface area contributed by atoms with Gasteiger partial charge in [-0.3, -0.25) is 0 Å². The van der Waals surface area contributed by atoms with Crippen LogP contribution < -0.4 is 0 Å². The zero-order valence-electron chi connectivity index (χ0n) is 7.91. The second kappa shape index (κ2) is 4.57. The summed E-state index contributed by atoms with van der Waals surface area (Å²) in [7, 11) is 0. The lowest BCUT2D eigenvalue weighted by Crippen LogP contribution is -1.98. The summed E-state index contributed by atoms with van der Waals surface area (Å²) in [5, 5.41) is 11.5. The average Bonchev–Trinajstić information content (AvgIpc) is 2.63. The number of hydrogen-bond acceptors (Lipinski definition) is 2. The molecular weight excluding hydrogens is 312 g/mol. The van der Waals surface area contributed by atoms with Crippen molar-refractivity contribution in [1.82, 2.24) is 0 Å². The van der Waals surface area contributed by atoms with Gasteiger partial charge >= 0.3 is 5.97 Å². The second-order valence-electron chi connectivity index (χ2n) is 3.09. The number of benzene rings is 1. The molecule has 0 amide bonds. The molecule has 1 heterocycles. The molecule has 0 fully saturated rings. The Morgan fingerprint density at radius 2 is 2.12 bits per heavy atom. The van der Waals surface area contributed by atoms with Gasteiger partial charge < -0.3 is 5.11 Å². The van der Waals surface area contributed by atoms with Crippen LogP contribution in [0.1, 0.15) is 10.4 Å². The molecule has 0 atom stereocenters. The first-order chi connectivity index (χ1) is 7.59. The summed E-state index contributed by atoms with van der Waals surface area (Å²) in [4.78, 5) is 12.0. The van der Waals surface area contributed by atoms with Gasteiger partial charge in [0.05, 0.1) is 5.56 Å². The highest BCUT2D eigenvalue weighted by Gasteiger charge is 2.15. The maximum Gasteiger partial charge on any atom is 0.336 e. The van der Waals surface area contributed by atoms with Crippen molar-refractivity contribution in [3.63, 3.8) is 0 Å². The summed E-state index contributed by atoms with van der Waals surface area (Å²) in [6, 6.07) is 6.65. The molecule has 0 radical (unpaired) electrons. The number of thiophene rings is 1. The predicted molar refractivity (Wildman–Crippen MR) is 69.4 cm³/mol. The molecule has 0 saturated carbocycles. The Kier molecular flexibility index (Phi) is 3.33. The van der Waals surface area contributed by atoms with Crippen LogP contribution in [0, 0.1) is 0 Å². The topological polar surface area (TPSA) is 37.3 Å². The summed E-state index contributed by atoms with van der Waals surface area (Å²) in [6.45, 7) is 0. The molecule has 0 spiro atoms. The molecule has 1 aromatic carbocycles. The van der Waals surface area contributed by atoms with Crippen LogP contribution in [-0.4, -0.2) is 11.1 Å². The molecule has 2 nitrogen and oxygen atoms in total. The highest BCUT2D eigenvalue weighted by Crippen LogP contribution is 2.36. The molecule has 0 aliphatic heterocycles. The van der Waals surface area contributed by atoms with Crippen LogP contribution in [0.4, 0.5) is 0 Å². The Balaban J connectivity index is 2.67. The molecule has 1 aromatic heterocycles. The van der Waals surface area contributed by atoms with Crippen molar-refractivity contribution < 1.29 is 9.90 Å². The Morgan fingerprint density at radius 3 is 2.69 bits per heavy atom. The van der Waals surface area contributed by atoms with E-state index in [1.807, 2.05) is 11.4 Å². The number of rotatable bonds is 2. The average molecular weight is 318 g/mol. The lowest BCUT2D eigenvalue weighted by Gasteiger charge is -2.05. The van der Waals surface area contributed by atoms with E-state index < -0.39 is 5.97 Å². The minimum Gasteiger partial charge on any atom is -0.478 e. The van der Waals surface area contributed by atoms with Gasteiger partial charge in [0.25, 0.3) is 0 Å². The third-order valence-corrected chi connectivity index (χ3v) is 4.18. The van der Waals surface area contributed by atoms with Crippen molar-refractivity contribution in [2.75, 3.05) is 0 Å². The standard InChI is InChI=1S/C11H6BrClO2S/c12-9-3-4-16-10(9)8-5-6(13)1-2-7(8)11(14)15/h1-5H,(H,14,15). The molecule has 2 rings (SSSR count). The van der Waals surface area contributed by atoms with E-state index >= 15 is 0 Å². The molecule has 1 N–H and O–H groups in total. The molecule has 5 heteroatoms. The molecule has 0 aliphatic carbocycles. The second-order valence-corrected chi connectivity index (χ2v) is 5.30. The summed E-state index contributed by atoms with van der Waals surface area (Å²) in [5.74, 6) is -0.952. The molecule has 2 aromatic rings. The third kappa shape index (κ3) is 2.14. The largest absolute Gasteiger partial charge is 0.478 e. The van der Waals surface area contributed by atoms with Gasteiger partial charge in [-0.15, -0.1) is 11.3 Å². The van der Waals surface area contributed by atoms with Crippen LogP contribution in [0.3, 0.4) is 0 Å². The van der Waals surface area contributed by atoms with Crippen LogP contribution in [0.5, 0.6) is 0 Å². The Labute approximate surface area is 110 Å². The number of halogens is 2. The maximum absolute atomic E-state index is 11.1. The van der Waals surface area contributed by atoms with E-state index in [4.69, 9.17) is 16.7 Å². The maximum atomic E-state index is 11.1. The quantitative estimate of drug-likeness (QED) is 0.883. The third-order valence-electron chi connectivity index (χ3n) is 2.07. The molecule has 82 valence electrons. The van der Waals surface area contributed by atoms with Crippen LogP contribution in [0.2, 0.25) is 5.02 Å². The van der Waals surface area contributed by atoms with Gasteiger partial charge in [0.1, 0.15) is 0 Å². The fraction of sp³-hybridized carbons (Fsp3) is 0. The van der Waals surface area contributed by atoms with Crippen LogP contribution in [0.15, 0.2) is 34.1 Å². The Bertz CT molecular complexity index is 551. The van der Waals surface area contributed by atoms with E-state index in [1.54, 1.807) is 12.1 Å². The number of hydrogen-bond donors (Lipinski definition) is 1. The minimum atomic E-state index is -0.952. The predicted octanol–water partition coefficient (Wildman–Crippen LogP) is 4.53. The van der Waals surface area contributed by atoms with Gasteiger partial charge in [-0.25, -0.2) is 4.79 Å². The van der Waals surface area contributed by atoms with Crippen LogP contribution in [0.25, 0.3) is 10.4 Å². The molecule has 0 saturated heterocycles. The first kappa shape index (κ1) is 11.6. The van der Waals surface area contributed by atoms with E-state index in [0.29, 0.717) is 10.6 Å². The molecule has 16 heavy (non-hydrogen) atoms. The molecule has 0 unspecified atom stereocenters. The van der Waals surface area contributed by atoms with Crippen LogP contribution in [-0.2, 0) is 0 Å². The van der Waals surface area contributed by atoms with Crippen molar-refractivity contribution in [2.45, 2.75) is 0 Å². The highest BCUT2D eigenvalue weighted by atomic mass is 79.9. The lowest BCUT2D eigenvalue weighted by atomic mass is 10.1. The van der Waals surface area contributed by atoms with Crippen molar-refractivity contribution in [1.29, 1.82) is 0 Å². The highest BCUT2D eigenvalue weighted by molar-refractivity contribution is 9.10. The van der Waals surface area contributed by atoms with Crippen molar-refractivity contribution in [3.05, 3.63) is 44.7 Å². The van der Waals surface area contributed by atoms with Gasteiger partial charge in [-0.05, 0) is 45.6 Å². The molecule has 0 aliphatic rings. The van der Waals surface area contributed by atoms with E-state index in [9.17, 15) is 4.79 Å². The Hall–Kier alpha value is -0.840. The minimum absolute atomic E-state index is 0.257. The lowest BCUT2D eigenvalue weighted by molar-refractivity contribution is 0.0698. The first-order valence-electron chi connectivity index (χ1n) is 4.36. The fourth-order valence-electron chi connectivity index (χ4n) is 1.38. The zero-order chi connectivity index (χ0) is 11.7. The Morgan fingerprint density at radius 1 is 1.38 bits per heavy atom. The summed E-state index contributed by atoms with van der Waals surface area (Å²) in [6.07, 6.45) is 0. The number of carboxylic acid groups (broad SMARTS) is 1. The zero-order valence-corrected chi connectivity index (χ0v) is 11.1. The van der Waals surface area contributed by atoms with Crippen molar-refractivity contribution in [2.24, 2.45) is 0 Å². The van der Waals surface area contributed by atoms with Crippen molar-refractivity contribution in [3.8, 4) is 10.4 Å².